The highest BCUT2D eigenvalue weighted by molar-refractivity contribution is 5.94. The van der Waals surface area contributed by atoms with Crippen LogP contribution in [0.3, 0.4) is 0 Å². The van der Waals surface area contributed by atoms with Gasteiger partial charge < -0.3 is 19.4 Å². The van der Waals surface area contributed by atoms with Gasteiger partial charge in [0.25, 0.3) is 5.91 Å². The summed E-state index contributed by atoms with van der Waals surface area (Å²) in [4.78, 5) is 43.7. The third-order valence-electron chi connectivity index (χ3n) is 9.08. The van der Waals surface area contributed by atoms with Crippen molar-refractivity contribution in [2.24, 2.45) is 0 Å². The topological polar surface area (TPSA) is 70.2 Å². The summed E-state index contributed by atoms with van der Waals surface area (Å²) in [5, 5.41) is 0. The Bertz CT molecular complexity index is 1380. The largest absolute Gasteiger partial charge is 0.462 e. The zero-order valence-corrected chi connectivity index (χ0v) is 28.0. The second-order valence-corrected chi connectivity index (χ2v) is 12.5. The highest BCUT2D eigenvalue weighted by Gasteiger charge is 2.23. The molecule has 0 N–H and O–H groups in total. The van der Waals surface area contributed by atoms with Gasteiger partial charge >= 0.3 is 5.97 Å². The van der Waals surface area contributed by atoms with Crippen molar-refractivity contribution in [2.75, 3.05) is 46.8 Å². The Morgan fingerprint density at radius 1 is 0.804 bits per heavy atom. The first-order valence-electron chi connectivity index (χ1n) is 17.0. The summed E-state index contributed by atoms with van der Waals surface area (Å²) in [5.41, 5.74) is 5.14. The van der Waals surface area contributed by atoms with E-state index in [1.807, 2.05) is 74.4 Å². The maximum atomic E-state index is 12.8. The van der Waals surface area contributed by atoms with Crippen molar-refractivity contribution >= 4 is 17.8 Å². The Kier molecular flexibility index (Phi) is 13.8. The highest BCUT2D eigenvalue weighted by atomic mass is 16.5. The fourth-order valence-electron chi connectivity index (χ4n) is 5.95. The molecule has 3 aromatic rings. The van der Waals surface area contributed by atoms with E-state index in [1.54, 1.807) is 4.90 Å². The molecule has 1 fully saturated rings. The van der Waals surface area contributed by atoms with Crippen molar-refractivity contribution in [1.82, 2.24) is 14.7 Å². The molecule has 0 atom stereocenters. The number of hydrogen-bond acceptors (Lipinski definition) is 5. The Hall–Kier alpha value is -3.97. The minimum absolute atomic E-state index is 0.0524. The summed E-state index contributed by atoms with van der Waals surface area (Å²) in [6.45, 7) is 5.97. The normalized spacial score (nSPS) is 13.7. The number of carbonyl (C=O) groups is 3. The fourth-order valence-corrected chi connectivity index (χ4v) is 5.95. The number of esters is 1. The Balaban J connectivity index is 1.06. The standard InChI is InChI=1S/C39H51N3O4/c1-4-40(2)39(45)33-22-20-31(21-23-33)14-8-5-6-11-19-37(43)41(3)28-29-42-26-24-35(25-27-42)46-38(44)30-34-17-12-13-18-36(34)32-15-9-7-10-16-32/h7,9-10,12-13,15-18,20-23,35H,4-6,8,11,14,19,24-30H2,1-3H3. The van der Waals surface area contributed by atoms with Crippen LogP contribution >= 0.6 is 0 Å². The fraction of sp³-hybridized carbons (Fsp3) is 0.462. The van der Waals surface area contributed by atoms with Crippen molar-refractivity contribution in [3.8, 4) is 11.1 Å². The van der Waals surface area contributed by atoms with Gasteiger partial charge in [0, 0.05) is 58.8 Å². The van der Waals surface area contributed by atoms with Gasteiger partial charge in [0.2, 0.25) is 5.91 Å². The second-order valence-electron chi connectivity index (χ2n) is 12.5. The van der Waals surface area contributed by atoms with Crippen LogP contribution in [0, 0.1) is 0 Å². The highest BCUT2D eigenvalue weighted by Crippen LogP contribution is 2.24. The number of hydrogen-bond donors (Lipinski definition) is 0. The van der Waals surface area contributed by atoms with Gasteiger partial charge in [-0.1, -0.05) is 79.6 Å². The number of likely N-dealkylation sites (N-methyl/N-ethyl adjacent to an activating group) is 1. The van der Waals surface area contributed by atoms with Gasteiger partial charge in [-0.05, 0) is 73.4 Å². The minimum atomic E-state index is -0.172. The average molecular weight is 626 g/mol. The molecule has 0 unspecified atom stereocenters. The van der Waals surface area contributed by atoms with Crippen LogP contribution in [-0.4, -0.2) is 85.4 Å². The summed E-state index contributed by atoms with van der Waals surface area (Å²) in [6, 6.07) is 26.1. The van der Waals surface area contributed by atoms with Crippen LogP contribution in [0.5, 0.6) is 0 Å². The number of benzene rings is 3. The van der Waals surface area contributed by atoms with Crippen LogP contribution in [0.4, 0.5) is 0 Å². The monoisotopic (exact) mass is 625 g/mol. The number of carbonyl (C=O) groups excluding carboxylic acids is 3. The minimum Gasteiger partial charge on any atom is -0.462 e. The lowest BCUT2D eigenvalue weighted by atomic mass is 9.98. The first kappa shape index (κ1) is 34.9. The Morgan fingerprint density at radius 2 is 1.48 bits per heavy atom. The second kappa shape index (κ2) is 18.2. The summed E-state index contributed by atoms with van der Waals surface area (Å²) >= 11 is 0. The molecule has 1 aliphatic rings. The van der Waals surface area contributed by atoms with E-state index in [0.717, 1.165) is 86.8 Å². The van der Waals surface area contributed by atoms with Crippen molar-refractivity contribution < 1.29 is 19.1 Å². The molecule has 46 heavy (non-hydrogen) atoms. The molecule has 0 bridgehead atoms. The molecule has 1 saturated heterocycles. The van der Waals surface area contributed by atoms with Gasteiger partial charge in [-0.15, -0.1) is 0 Å². The Morgan fingerprint density at radius 3 is 2.20 bits per heavy atom. The molecule has 4 rings (SSSR count). The number of likely N-dealkylation sites (tertiary alicyclic amines) is 1. The zero-order valence-electron chi connectivity index (χ0n) is 28.0. The Labute approximate surface area is 275 Å². The quantitative estimate of drug-likeness (QED) is 0.132. The maximum absolute atomic E-state index is 12.8. The molecule has 0 aromatic heterocycles. The van der Waals surface area contributed by atoms with Crippen LogP contribution < -0.4 is 0 Å². The van der Waals surface area contributed by atoms with E-state index in [1.165, 1.54) is 5.56 Å². The molecular formula is C39H51N3O4. The first-order valence-corrected chi connectivity index (χ1v) is 17.0. The van der Waals surface area contributed by atoms with Gasteiger partial charge in [-0.3, -0.25) is 14.4 Å². The number of rotatable bonds is 16. The number of ether oxygens (including phenoxy) is 1. The van der Waals surface area contributed by atoms with Crippen LogP contribution in [0.2, 0.25) is 0 Å². The van der Waals surface area contributed by atoms with Crippen molar-refractivity contribution in [2.45, 2.75) is 70.8 Å². The summed E-state index contributed by atoms with van der Waals surface area (Å²) < 4.78 is 5.88. The summed E-state index contributed by atoms with van der Waals surface area (Å²) in [5.74, 6) is 0.0928. The average Bonchev–Trinajstić information content (AvgIpc) is 3.09. The van der Waals surface area contributed by atoms with E-state index in [-0.39, 0.29) is 30.3 Å². The van der Waals surface area contributed by atoms with Crippen LogP contribution in [0.15, 0.2) is 78.9 Å². The molecule has 3 aromatic carbocycles. The molecule has 1 heterocycles. The van der Waals surface area contributed by atoms with Crippen LogP contribution in [-0.2, 0) is 27.2 Å². The molecule has 0 aliphatic carbocycles. The lowest BCUT2D eigenvalue weighted by molar-refractivity contribution is -0.150. The number of aryl methyl sites for hydroxylation is 1. The molecule has 1 aliphatic heterocycles. The number of piperidine rings is 1. The first-order chi connectivity index (χ1) is 22.3. The number of amides is 2. The van der Waals surface area contributed by atoms with Gasteiger partial charge in [0.15, 0.2) is 0 Å². The molecule has 246 valence electrons. The van der Waals surface area contributed by atoms with Gasteiger partial charge in [-0.25, -0.2) is 0 Å². The predicted molar refractivity (Wildman–Crippen MR) is 185 cm³/mol. The molecular weight excluding hydrogens is 574 g/mol. The number of nitrogens with zero attached hydrogens (tertiary/aromatic N) is 3. The third-order valence-corrected chi connectivity index (χ3v) is 9.08. The van der Waals surface area contributed by atoms with E-state index in [0.29, 0.717) is 19.5 Å². The van der Waals surface area contributed by atoms with Crippen molar-refractivity contribution in [3.05, 3.63) is 95.6 Å². The lowest BCUT2D eigenvalue weighted by Gasteiger charge is -2.32. The van der Waals surface area contributed by atoms with E-state index in [2.05, 4.69) is 35.2 Å². The molecule has 0 radical (unpaired) electrons. The van der Waals surface area contributed by atoms with Crippen LogP contribution in [0.1, 0.15) is 73.4 Å². The van der Waals surface area contributed by atoms with Gasteiger partial charge in [-0.2, -0.15) is 0 Å². The number of unbranched alkanes of at least 4 members (excludes halogenated alkanes) is 3. The van der Waals surface area contributed by atoms with Crippen molar-refractivity contribution in [3.63, 3.8) is 0 Å². The summed E-state index contributed by atoms with van der Waals surface area (Å²) in [6.07, 6.45) is 7.57. The smallest absolute Gasteiger partial charge is 0.310 e. The summed E-state index contributed by atoms with van der Waals surface area (Å²) in [7, 11) is 3.72. The predicted octanol–water partition coefficient (Wildman–Crippen LogP) is 6.65. The zero-order chi connectivity index (χ0) is 32.7. The SMILES string of the molecule is CCN(C)C(=O)c1ccc(CCCCCCC(=O)N(C)CCN2CCC(OC(=O)Cc3ccccc3-c3ccccc3)CC2)cc1. The van der Waals surface area contributed by atoms with Gasteiger partial charge in [0.1, 0.15) is 6.10 Å². The van der Waals surface area contributed by atoms with E-state index < -0.39 is 0 Å². The van der Waals surface area contributed by atoms with Crippen LogP contribution in [0.25, 0.3) is 11.1 Å². The molecule has 2 amide bonds. The third kappa shape index (κ3) is 10.8. The molecule has 7 heteroatoms. The van der Waals surface area contributed by atoms with E-state index in [4.69, 9.17) is 4.74 Å². The van der Waals surface area contributed by atoms with Gasteiger partial charge in [0.05, 0.1) is 6.42 Å². The van der Waals surface area contributed by atoms with E-state index >= 15 is 0 Å². The van der Waals surface area contributed by atoms with E-state index in [9.17, 15) is 14.4 Å². The molecule has 0 saturated carbocycles. The molecule has 0 spiro atoms. The maximum Gasteiger partial charge on any atom is 0.310 e. The lowest BCUT2D eigenvalue weighted by Crippen LogP contribution is -2.42. The van der Waals surface area contributed by atoms with Crippen molar-refractivity contribution in [1.29, 1.82) is 0 Å². The molecule has 7 nitrogen and oxygen atoms in total.